The first-order valence-corrected chi connectivity index (χ1v) is 9.14. The molecule has 0 aromatic rings. The maximum absolute atomic E-state index is 3.82. The Morgan fingerprint density at radius 3 is 2.05 bits per heavy atom. The first-order chi connectivity index (χ1) is 9.67. The topological polar surface area (TPSA) is 15.3 Å². The fourth-order valence-electron chi connectivity index (χ4n) is 4.50. The first kappa shape index (κ1) is 14.8. The molecule has 0 bridgehead atoms. The summed E-state index contributed by atoms with van der Waals surface area (Å²) in [6.07, 6.45) is 8.78. The van der Waals surface area contributed by atoms with Gasteiger partial charge < -0.3 is 5.32 Å². The van der Waals surface area contributed by atoms with Gasteiger partial charge in [0, 0.05) is 25.2 Å². The van der Waals surface area contributed by atoms with E-state index in [9.17, 15) is 0 Å². The Bertz CT molecular complexity index is 295. The van der Waals surface area contributed by atoms with E-state index in [0.717, 1.165) is 42.3 Å². The van der Waals surface area contributed by atoms with Crippen molar-refractivity contribution in [1.82, 2.24) is 10.2 Å². The minimum Gasteiger partial charge on any atom is -0.313 e. The van der Waals surface area contributed by atoms with Crippen LogP contribution in [0.4, 0.5) is 0 Å². The largest absolute Gasteiger partial charge is 0.313 e. The molecule has 3 rings (SSSR count). The zero-order valence-electron chi connectivity index (χ0n) is 13.8. The highest BCUT2D eigenvalue weighted by atomic mass is 15.2. The van der Waals surface area contributed by atoms with E-state index in [0.29, 0.717) is 0 Å². The smallest absolute Gasteiger partial charge is 0.0275 e. The van der Waals surface area contributed by atoms with Gasteiger partial charge in [-0.05, 0) is 68.7 Å². The molecule has 3 fully saturated rings. The van der Waals surface area contributed by atoms with Crippen LogP contribution in [0, 0.1) is 23.7 Å². The molecule has 3 saturated carbocycles. The molecule has 4 unspecified atom stereocenters. The summed E-state index contributed by atoms with van der Waals surface area (Å²) in [5, 5.41) is 3.82. The Labute approximate surface area is 125 Å². The third-order valence-electron chi connectivity index (χ3n) is 5.69. The summed E-state index contributed by atoms with van der Waals surface area (Å²) < 4.78 is 0. The number of hydrogen-bond acceptors (Lipinski definition) is 2. The van der Waals surface area contributed by atoms with Gasteiger partial charge in [-0.2, -0.15) is 0 Å². The number of nitrogens with zero attached hydrogens (tertiary/aromatic N) is 1. The Hall–Kier alpha value is -0.0800. The summed E-state index contributed by atoms with van der Waals surface area (Å²) in [6, 6.07) is 1.53. The molecule has 0 aliphatic heterocycles. The third-order valence-corrected chi connectivity index (χ3v) is 5.69. The average Bonchev–Trinajstić information content (AvgIpc) is 3.23. The Morgan fingerprint density at radius 1 is 0.950 bits per heavy atom. The van der Waals surface area contributed by atoms with Crippen LogP contribution in [0.1, 0.15) is 59.3 Å². The molecule has 0 aromatic heterocycles. The van der Waals surface area contributed by atoms with Crippen LogP contribution >= 0.6 is 0 Å². The minimum absolute atomic E-state index is 0.733. The van der Waals surface area contributed by atoms with Crippen molar-refractivity contribution < 1.29 is 0 Å². The molecule has 3 aliphatic rings. The van der Waals surface area contributed by atoms with Gasteiger partial charge in [-0.1, -0.05) is 20.8 Å². The second-order valence-corrected chi connectivity index (χ2v) is 8.05. The van der Waals surface area contributed by atoms with Gasteiger partial charge in [0.1, 0.15) is 0 Å². The monoisotopic (exact) mass is 278 g/mol. The zero-order valence-corrected chi connectivity index (χ0v) is 13.8. The van der Waals surface area contributed by atoms with Gasteiger partial charge >= 0.3 is 0 Å². The number of likely N-dealkylation sites (N-methyl/N-ethyl adjacent to an activating group) is 1. The Kier molecular flexibility index (Phi) is 4.72. The molecule has 0 spiro atoms. The molecule has 2 nitrogen and oxygen atoms in total. The van der Waals surface area contributed by atoms with Crippen LogP contribution in [0.15, 0.2) is 0 Å². The van der Waals surface area contributed by atoms with Crippen LogP contribution in [0.2, 0.25) is 0 Å². The first-order valence-electron chi connectivity index (χ1n) is 9.14. The summed E-state index contributed by atoms with van der Waals surface area (Å²) in [7, 11) is 0. The molecule has 3 aliphatic carbocycles. The molecule has 1 N–H and O–H groups in total. The third kappa shape index (κ3) is 3.76. The highest BCUT2D eigenvalue weighted by Crippen LogP contribution is 2.39. The van der Waals surface area contributed by atoms with Crippen LogP contribution in [-0.4, -0.2) is 36.6 Å². The van der Waals surface area contributed by atoms with Gasteiger partial charge in [0.25, 0.3) is 0 Å². The molecular formula is C18H34N2. The quantitative estimate of drug-likeness (QED) is 0.766. The second kappa shape index (κ2) is 6.36. The van der Waals surface area contributed by atoms with Gasteiger partial charge in [-0.25, -0.2) is 0 Å². The lowest BCUT2D eigenvalue weighted by molar-refractivity contribution is 0.0547. The van der Waals surface area contributed by atoms with E-state index in [2.05, 4.69) is 31.0 Å². The van der Waals surface area contributed by atoms with Gasteiger partial charge in [0.2, 0.25) is 0 Å². The number of nitrogens with one attached hydrogen (secondary N) is 1. The lowest BCUT2D eigenvalue weighted by Crippen LogP contribution is -2.57. The van der Waals surface area contributed by atoms with Crippen molar-refractivity contribution in [3.05, 3.63) is 0 Å². The molecule has 4 atom stereocenters. The summed E-state index contributed by atoms with van der Waals surface area (Å²) in [5.74, 6) is 3.82. The SMILES string of the molecule is CCNC1CC(C)CC(C)C1N(CC1CC1)CC1CC1. The summed E-state index contributed by atoms with van der Waals surface area (Å²) in [4.78, 5) is 2.92. The molecule has 2 heteroatoms. The van der Waals surface area contributed by atoms with Crippen LogP contribution < -0.4 is 5.32 Å². The Balaban J connectivity index is 1.69. The van der Waals surface area contributed by atoms with Gasteiger partial charge in [-0.15, -0.1) is 0 Å². The van der Waals surface area contributed by atoms with E-state index in [4.69, 9.17) is 0 Å². The Morgan fingerprint density at radius 2 is 1.55 bits per heavy atom. The molecule has 0 saturated heterocycles. The lowest BCUT2D eigenvalue weighted by Gasteiger charge is -2.46. The highest BCUT2D eigenvalue weighted by Gasteiger charge is 2.40. The van der Waals surface area contributed by atoms with Crippen molar-refractivity contribution in [1.29, 1.82) is 0 Å². The van der Waals surface area contributed by atoms with E-state index in [1.165, 1.54) is 51.6 Å². The van der Waals surface area contributed by atoms with E-state index in [-0.39, 0.29) is 0 Å². The van der Waals surface area contributed by atoms with Crippen LogP contribution in [0.5, 0.6) is 0 Å². The lowest BCUT2D eigenvalue weighted by atomic mass is 9.75. The van der Waals surface area contributed by atoms with E-state index >= 15 is 0 Å². The van der Waals surface area contributed by atoms with E-state index in [1.807, 2.05) is 0 Å². The van der Waals surface area contributed by atoms with Gasteiger partial charge in [-0.3, -0.25) is 4.90 Å². The molecular weight excluding hydrogens is 244 g/mol. The number of rotatable bonds is 7. The maximum Gasteiger partial charge on any atom is 0.0275 e. The average molecular weight is 278 g/mol. The van der Waals surface area contributed by atoms with Crippen LogP contribution in [-0.2, 0) is 0 Å². The molecule has 0 heterocycles. The van der Waals surface area contributed by atoms with Gasteiger partial charge in [0.15, 0.2) is 0 Å². The summed E-state index contributed by atoms with van der Waals surface area (Å²) in [5.41, 5.74) is 0. The van der Waals surface area contributed by atoms with Gasteiger partial charge in [0.05, 0.1) is 0 Å². The minimum atomic E-state index is 0.733. The molecule has 0 amide bonds. The normalized spacial score (nSPS) is 38.4. The molecule has 0 aromatic carbocycles. The van der Waals surface area contributed by atoms with Crippen molar-refractivity contribution in [3.8, 4) is 0 Å². The maximum atomic E-state index is 3.82. The second-order valence-electron chi connectivity index (χ2n) is 8.05. The molecule has 116 valence electrons. The van der Waals surface area contributed by atoms with Crippen molar-refractivity contribution in [2.45, 2.75) is 71.4 Å². The van der Waals surface area contributed by atoms with Crippen LogP contribution in [0.25, 0.3) is 0 Å². The number of hydrogen-bond donors (Lipinski definition) is 1. The molecule has 20 heavy (non-hydrogen) atoms. The van der Waals surface area contributed by atoms with Crippen molar-refractivity contribution >= 4 is 0 Å². The highest BCUT2D eigenvalue weighted by molar-refractivity contribution is 4.96. The standard InChI is InChI=1S/C18H34N2/c1-4-19-17-10-13(2)9-14(3)18(17)20(11-15-5-6-15)12-16-7-8-16/h13-19H,4-12H2,1-3H3. The summed E-state index contributed by atoms with van der Waals surface area (Å²) >= 11 is 0. The fourth-order valence-corrected chi connectivity index (χ4v) is 4.50. The van der Waals surface area contributed by atoms with Crippen molar-refractivity contribution in [3.63, 3.8) is 0 Å². The van der Waals surface area contributed by atoms with Crippen molar-refractivity contribution in [2.75, 3.05) is 19.6 Å². The van der Waals surface area contributed by atoms with Crippen LogP contribution in [0.3, 0.4) is 0 Å². The zero-order chi connectivity index (χ0) is 14.1. The molecule has 0 radical (unpaired) electrons. The van der Waals surface area contributed by atoms with E-state index < -0.39 is 0 Å². The van der Waals surface area contributed by atoms with E-state index in [1.54, 1.807) is 0 Å². The predicted octanol–water partition coefficient (Wildman–Crippen LogP) is 3.52. The fraction of sp³-hybridized carbons (Fsp3) is 1.00. The predicted molar refractivity (Wildman–Crippen MR) is 85.8 cm³/mol. The van der Waals surface area contributed by atoms with Crippen molar-refractivity contribution in [2.24, 2.45) is 23.7 Å². The summed E-state index contributed by atoms with van der Waals surface area (Å²) in [6.45, 7) is 11.1.